The fraction of sp³-hybridized carbons (Fsp3) is 0.348. The molecular weight excluding hydrogens is 1290 g/mol. The highest BCUT2D eigenvalue weighted by atomic mass is 16.7. The number of methoxy groups -OCH3 is 1. The first-order valence-corrected chi connectivity index (χ1v) is 31.4. The van der Waals surface area contributed by atoms with Gasteiger partial charge in [0.2, 0.25) is 35.9 Å². The van der Waals surface area contributed by atoms with Crippen molar-refractivity contribution in [2.75, 3.05) is 51.0 Å². The zero-order valence-electron chi connectivity index (χ0n) is 54.7. The average Bonchev–Trinajstić information content (AvgIpc) is 1.60. The molecule has 99 heavy (non-hydrogen) atoms. The number of aliphatic hydroxyl groups excluding tert-OH is 3. The van der Waals surface area contributed by atoms with Gasteiger partial charge in [-0.25, -0.2) is 19.6 Å². The van der Waals surface area contributed by atoms with Gasteiger partial charge in [-0.05, 0) is 100 Å². The number of anilines is 2. The van der Waals surface area contributed by atoms with Crippen LogP contribution in [0.25, 0.3) is 44.4 Å². The van der Waals surface area contributed by atoms with Crippen molar-refractivity contribution < 1.29 is 87.3 Å². The number of nitrogens with one attached hydrogen (secondary N) is 3. The van der Waals surface area contributed by atoms with Gasteiger partial charge >= 0.3 is 12.1 Å². The zero-order chi connectivity index (χ0) is 71.1. The van der Waals surface area contributed by atoms with Crippen molar-refractivity contribution in [2.45, 2.75) is 110 Å². The highest BCUT2D eigenvalue weighted by Crippen LogP contribution is 2.38. The smallest absolute Gasteiger partial charge is 0.409 e. The van der Waals surface area contributed by atoms with E-state index in [0.717, 1.165) is 33.8 Å². The van der Waals surface area contributed by atoms with Gasteiger partial charge in [0, 0.05) is 99.8 Å². The van der Waals surface area contributed by atoms with E-state index in [0.29, 0.717) is 52.3 Å². The summed E-state index contributed by atoms with van der Waals surface area (Å²) in [6, 6.07) is 17.7. The number of carbonyl (C=O) groups is 9. The lowest BCUT2D eigenvalue weighted by Gasteiger charge is -2.38. The molecule has 1 saturated heterocycles. The van der Waals surface area contributed by atoms with Gasteiger partial charge in [0.15, 0.2) is 6.10 Å². The number of aryl methyl sites for hydroxylation is 4. The molecule has 5 atom stereocenters. The van der Waals surface area contributed by atoms with Gasteiger partial charge in [-0.2, -0.15) is 10.2 Å². The Morgan fingerprint density at radius 2 is 1.42 bits per heavy atom. The van der Waals surface area contributed by atoms with Crippen molar-refractivity contribution in [1.82, 2.24) is 53.8 Å². The monoisotopic (exact) mass is 1360 g/mol. The van der Waals surface area contributed by atoms with E-state index in [2.05, 4.69) is 26.1 Å². The summed E-state index contributed by atoms with van der Waals surface area (Å²) in [5.41, 5.74) is 17.1. The maximum atomic E-state index is 14.1. The van der Waals surface area contributed by atoms with Gasteiger partial charge in [-0.1, -0.05) is 18.2 Å². The molecular formula is C66H73N15O18. The van der Waals surface area contributed by atoms with Crippen LogP contribution in [-0.4, -0.2) is 193 Å². The minimum absolute atomic E-state index is 0.0405. The summed E-state index contributed by atoms with van der Waals surface area (Å²) in [5.74, 6) is -5.64. The Balaban J connectivity index is 0.859. The fourth-order valence-electron chi connectivity index (χ4n) is 11.4. The standard InChI is InChI=1S/C66H73N15O18/c1-7-80-44(26-34(3)74-80)41-14-13-39-40-29-37(59(67)89)31-47(95-6)53(40)78(61(39)71-41)22-9-10-23-79-54-43(72-65(79)73-62(91)45-27-35(4)75-81(45)8-2)30-38(60(68)90)32-48(54)96-25-11-21-76(5)66(94)97-33-36-12-15-46(98-64-57(88)55(86)56(87)58(99-64)63(92)93)42(28-36)70-50(83)18-20-69-49(82)19-24-77-51(84)16-17-52(77)85/h9-10,12-17,26-32,55-58,64,86-88H,7-8,11,18-25,33H2,1-6H3,(H2,67,89)(H2,68,90)(H,69,82)(H,70,83)(H,92,93)(H,72,73,91)/b10-9+/t55-,56-,57+,58-,64+/m0/s1. The van der Waals surface area contributed by atoms with Gasteiger partial charge in [-0.3, -0.25) is 53.1 Å². The predicted octanol–water partition coefficient (Wildman–Crippen LogP) is 3.04. The lowest BCUT2D eigenvalue weighted by molar-refractivity contribution is -0.271. The van der Waals surface area contributed by atoms with Crippen LogP contribution in [0, 0.1) is 13.8 Å². The van der Waals surface area contributed by atoms with Gasteiger partial charge in [0.05, 0.1) is 53.2 Å². The molecule has 8 amide bonds. The maximum absolute atomic E-state index is 14.1. The van der Waals surface area contributed by atoms with E-state index in [1.807, 2.05) is 60.4 Å². The van der Waals surface area contributed by atoms with Crippen LogP contribution in [-0.2, 0) is 66.2 Å². The first-order chi connectivity index (χ1) is 47.4. The van der Waals surface area contributed by atoms with Crippen LogP contribution in [0.4, 0.5) is 16.4 Å². The first-order valence-electron chi connectivity index (χ1n) is 31.4. The van der Waals surface area contributed by atoms with E-state index in [1.54, 1.807) is 34.4 Å². The Bertz CT molecular complexity index is 4550. The van der Waals surface area contributed by atoms with Crippen LogP contribution in [0.3, 0.4) is 0 Å². The van der Waals surface area contributed by atoms with Crippen molar-refractivity contribution in [2.24, 2.45) is 11.5 Å². The van der Waals surface area contributed by atoms with Crippen LogP contribution >= 0.6 is 0 Å². The molecule has 3 aromatic carbocycles. The number of aromatic nitrogens is 8. The predicted molar refractivity (Wildman–Crippen MR) is 353 cm³/mol. The Morgan fingerprint density at radius 1 is 0.737 bits per heavy atom. The van der Waals surface area contributed by atoms with Crippen LogP contribution < -0.4 is 41.6 Å². The molecule has 5 aromatic heterocycles. The molecule has 2 aliphatic heterocycles. The van der Waals surface area contributed by atoms with Crippen LogP contribution in [0.1, 0.15) is 81.3 Å². The second-order valence-electron chi connectivity index (χ2n) is 23.2. The number of rotatable bonds is 29. The van der Waals surface area contributed by atoms with Crippen LogP contribution in [0.2, 0.25) is 0 Å². The van der Waals surface area contributed by atoms with E-state index < -0.39 is 90.7 Å². The fourth-order valence-corrected chi connectivity index (χ4v) is 11.4. The minimum Gasteiger partial charge on any atom is -0.495 e. The molecule has 0 unspecified atom stereocenters. The molecule has 0 bridgehead atoms. The Kier molecular flexibility index (Phi) is 21.5. The number of nitrogens with zero attached hydrogens (tertiary/aromatic N) is 10. The average molecular weight is 1360 g/mol. The summed E-state index contributed by atoms with van der Waals surface area (Å²) in [6.07, 6.45) is -5.22. The van der Waals surface area contributed by atoms with Crippen molar-refractivity contribution >= 4 is 98.0 Å². The minimum atomic E-state index is -2.03. The van der Waals surface area contributed by atoms with E-state index in [1.165, 1.54) is 49.4 Å². The van der Waals surface area contributed by atoms with Crippen LogP contribution in [0.15, 0.2) is 91.0 Å². The molecule has 0 saturated carbocycles. The number of nitrogens with two attached hydrogens (primary N) is 2. The second kappa shape index (κ2) is 30.3. The summed E-state index contributed by atoms with van der Waals surface area (Å²) < 4.78 is 36.1. The Labute approximate surface area is 563 Å². The number of aliphatic carboxylic acids is 1. The molecule has 0 radical (unpaired) electrons. The van der Waals surface area contributed by atoms with Gasteiger partial charge in [-0.15, -0.1) is 0 Å². The van der Waals surface area contributed by atoms with Crippen LogP contribution in [0.5, 0.6) is 17.2 Å². The topological polar surface area (TPSA) is 447 Å². The van der Waals surface area contributed by atoms with Crippen molar-refractivity contribution in [1.29, 1.82) is 0 Å². The Hall–Kier alpha value is -11.6. The number of pyridine rings is 1. The third kappa shape index (κ3) is 15.5. The molecule has 7 heterocycles. The summed E-state index contributed by atoms with van der Waals surface area (Å²) in [5, 5.41) is 59.6. The maximum Gasteiger partial charge on any atom is 0.409 e. The number of hydrogen-bond donors (Lipinski definition) is 9. The number of hydrogen-bond acceptors (Lipinski definition) is 21. The largest absolute Gasteiger partial charge is 0.495 e. The van der Waals surface area contributed by atoms with Gasteiger partial charge in [0.1, 0.15) is 59.0 Å². The Morgan fingerprint density at radius 3 is 2.12 bits per heavy atom. The summed E-state index contributed by atoms with van der Waals surface area (Å²) in [6.45, 7) is 7.97. The SMILES string of the molecule is CCn1nc(C)cc1C(=O)Nc1nc2cc(C(N)=O)cc(OCCCN(C)C(=O)OCc3ccc(O[C@@H]4O[C@H](C(=O)O)[C@@H](O)[C@H](O)[C@H]4O)c(NC(=O)CCNC(=O)CCN4C(=O)C=CC4=O)c3)c2n1C/C=C/Cn1c2nc(-c3cc(C)nn3CC)ccc2c2cc(C(N)=O)cc(OC)c21. The number of imide groups is 1. The van der Waals surface area contributed by atoms with E-state index in [4.69, 9.17) is 45.1 Å². The molecule has 33 nitrogen and oxygen atoms in total. The zero-order valence-corrected chi connectivity index (χ0v) is 54.7. The van der Waals surface area contributed by atoms with Gasteiger partial charge < -0.3 is 80.2 Å². The molecule has 33 heteroatoms. The second-order valence-corrected chi connectivity index (χ2v) is 23.2. The number of fused-ring (bicyclic) bond motifs is 4. The molecule has 2 aliphatic rings. The number of carboxylic acids is 1. The number of primary amides is 2. The number of aliphatic hydroxyl groups is 3. The molecule has 520 valence electrons. The van der Waals surface area contributed by atoms with Gasteiger partial charge in [0.25, 0.3) is 17.7 Å². The molecule has 0 aliphatic carbocycles. The molecule has 8 aromatic rings. The summed E-state index contributed by atoms with van der Waals surface area (Å²) >= 11 is 0. The number of amides is 8. The molecule has 1 fully saturated rings. The number of ether oxygens (including phenoxy) is 5. The molecule has 11 N–H and O–H groups in total. The third-order valence-corrected chi connectivity index (χ3v) is 16.3. The normalized spacial score (nSPS) is 16.8. The quantitative estimate of drug-likeness (QED) is 0.0185. The summed E-state index contributed by atoms with van der Waals surface area (Å²) in [7, 11) is 2.97. The number of allylic oxidation sites excluding steroid dienone is 2. The number of imidazole rings is 1. The van der Waals surface area contributed by atoms with Crippen molar-refractivity contribution in [3.05, 3.63) is 125 Å². The lowest BCUT2D eigenvalue weighted by atomic mass is 9.99. The van der Waals surface area contributed by atoms with E-state index in [9.17, 15) is 63.6 Å². The van der Waals surface area contributed by atoms with Crippen molar-refractivity contribution in [3.8, 4) is 28.6 Å². The first kappa shape index (κ1) is 70.3. The number of carboxylic acid groups (broad SMARTS) is 1. The lowest BCUT2D eigenvalue weighted by Crippen LogP contribution is -2.61. The molecule has 10 rings (SSSR count). The molecule has 0 spiro atoms. The number of benzene rings is 3. The third-order valence-electron chi connectivity index (χ3n) is 16.3. The highest BCUT2D eigenvalue weighted by Gasteiger charge is 2.48. The van der Waals surface area contributed by atoms with E-state index in [-0.39, 0.29) is 110 Å². The highest BCUT2D eigenvalue weighted by molar-refractivity contribution is 6.14. The van der Waals surface area contributed by atoms with Crippen molar-refractivity contribution in [3.63, 3.8) is 0 Å². The number of carbonyl (C=O) groups excluding carboxylic acids is 8. The van der Waals surface area contributed by atoms with E-state index >= 15 is 0 Å². The summed E-state index contributed by atoms with van der Waals surface area (Å²) in [4.78, 5) is 127.